The Bertz CT molecular complexity index is 374. The van der Waals surface area contributed by atoms with Gasteiger partial charge in [-0.1, -0.05) is 11.6 Å². The number of carbonyl (C=O) groups is 2. The van der Waals surface area contributed by atoms with Crippen molar-refractivity contribution < 1.29 is 9.59 Å². The third-order valence-electron chi connectivity index (χ3n) is 3.69. The summed E-state index contributed by atoms with van der Waals surface area (Å²) in [5.41, 5.74) is 1.24. The molecule has 2 aliphatic rings. The van der Waals surface area contributed by atoms with E-state index in [1.54, 1.807) is 0 Å². The lowest BCUT2D eigenvalue weighted by Crippen LogP contribution is -2.36. The van der Waals surface area contributed by atoms with Gasteiger partial charge >= 0.3 is 0 Å². The van der Waals surface area contributed by atoms with Gasteiger partial charge in [0.25, 0.3) is 0 Å². The first-order chi connectivity index (χ1) is 8.00. The van der Waals surface area contributed by atoms with Crippen LogP contribution in [0.25, 0.3) is 0 Å². The molecule has 17 heavy (non-hydrogen) atoms. The summed E-state index contributed by atoms with van der Waals surface area (Å²) in [4.78, 5) is 27.7. The summed E-state index contributed by atoms with van der Waals surface area (Å²) in [7, 11) is 3.90. The lowest BCUT2D eigenvalue weighted by atomic mass is 9.82. The highest BCUT2D eigenvalue weighted by atomic mass is 16.2. The molecule has 2 atom stereocenters. The molecule has 0 radical (unpaired) electrons. The van der Waals surface area contributed by atoms with Gasteiger partial charge < -0.3 is 4.90 Å². The standard InChI is InChI=1S/C13H20N2O2/c1-9-4-5-10-11(8-9)13(17)15(12(10)16)7-6-14(2)3/h4,10-11H,5-8H2,1-3H3/t10-,11+/m1/s1. The molecule has 2 rings (SSSR count). The second-order valence-electron chi connectivity index (χ2n) is 5.33. The number of likely N-dealkylation sites (tertiary alicyclic amines) is 1. The number of allylic oxidation sites excluding steroid dienone is 2. The Kier molecular flexibility index (Phi) is 3.33. The minimum Gasteiger partial charge on any atom is -0.308 e. The van der Waals surface area contributed by atoms with Crippen molar-refractivity contribution in [1.29, 1.82) is 0 Å². The first-order valence-corrected chi connectivity index (χ1v) is 6.16. The van der Waals surface area contributed by atoms with Crippen molar-refractivity contribution in [3.8, 4) is 0 Å². The number of imide groups is 1. The molecule has 0 bridgehead atoms. The summed E-state index contributed by atoms with van der Waals surface area (Å²) in [5.74, 6) is -0.108. The van der Waals surface area contributed by atoms with Crippen LogP contribution in [-0.4, -0.2) is 48.8 Å². The van der Waals surface area contributed by atoms with E-state index in [0.717, 1.165) is 19.4 Å². The molecule has 4 heteroatoms. The third-order valence-corrected chi connectivity index (χ3v) is 3.69. The van der Waals surface area contributed by atoms with Gasteiger partial charge in [-0.3, -0.25) is 14.5 Å². The van der Waals surface area contributed by atoms with Gasteiger partial charge in [0.1, 0.15) is 0 Å². The molecule has 0 aromatic carbocycles. The number of nitrogens with zero attached hydrogens (tertiary/aromatic N) is 2. The molecule has 2 amide bonds. The summed E-state index contributed by atoms with van der Waals surface area (Å²) < 4.78 is 0. The van der Waals surface area contributed by atoms with E-state index in [1.807, 2.05) is 25.9 Å². The van der Waals surface area contributed by atoms with Gasteiger partial charge in [0.05, 0.1) is 11.8 Å². The lowest BCUT2D eigenvalue weighted by molar-refractivity contribution is -0.140. The highest BCUT2D eigenvalue weighted by Gasteiger charge is 2.47. The molecule has 1 saturated heterocycles. The van der Waals surface area contributed by atoms with E-state index in [2.05, 4.69) is 6.08 Å². The maximum atomic E-state index is 12.2. The van der Waals surface area contributed by atoms with Crippen LogP contribution in [0.1, 0.15) is 19.8 Å². The molecule has 1 heterocycles. The van der Waals surface area contributed by atoms with Gasteiger partial charge in [-0.2, -0.15) is 0 Å². The molecule has 4 nitrogen and oxygen atoms in total. The molecule has 1 aliphatic carbocycles. The number of amides is 2. The van der Waals surface area contributed by atoms with E-state index < -0.39 is 0 Å². The number of fused-ring (bicyclic) bond motifs is 1. The average Bonchev–Trinajstić information content (AvgIpc) is 2.49. The summed E-state index contributed by atoms with van der Waals surface area (Å²) in [6.45, 7) is 3.30. The van der Waals surface area contributed by atoms with Crippen LogP contribution in [-0.2, 0) is 9.59 Å². The Morgan fingerprint density at radius 2 is 1.94 bits per heavy atom. The molecule has 94 valence electrons. The minimum absolute atomic E-state index is 0.0330. The smallest absolute Gasteiger partial charge is 0.233 e. The molecular formula is C13H20N2O2. The molecule has 1 aliphatic heterocycles. The second kappa shape index (κ2) is 4.61. The Hall–Kier alpha value is -1.16. The third kappa shape index (κ3) is 2.27. The molecule has 0 aromatic rings. The summed E-state index contributed by atoms with van der Waals surface area (Å²) in [6.07, 6.45) is 3.59. The van der Waals surface area contributed by atoms with E-state index in [0.29, 0.717) is 6.54 Å². The number of rotatable bonds is 3. The fraction of sp³-hybridized carbons (Fsp3) is 0.692. The zero-order valence-corrected chi connectivity index (χ0v) is 10.8. The van der Waals surface area contributed by atoms with Crippen LogP contribution >= 0.6 is 0 Å². The minimum atomic E-state index is -0.0895. The fourth-order valence-electron chi connectivity index (χ4n) is 2.63. The number of hydrogen-bond acceptors (Lipinski definition) is 3. The molecule has 0 aromatic heterocycles. The summed E-state index contributed by atoms with van der Waals surface area (Å²) in [6, 6.07) is 0. The predicted octanol–water partition coefficient (Wildman–Crippen LogP) is 0.889. The van der Waals surface area contributed by atoms with Crippen molar-refractivity contribution in [1.82, 2.24) is 9.80 Å². The highest BCUT2D eigenvalue weighted by molar-refractivity contribution is 6.05. The van der Waals surface area contributed by atoms with Crippen molar-refractivity contribution in [3.05, 3.63) is 11.6 Å². The van der Waals surface area contributed by atoms with E-state index in [-0.39, 0.29) is 23.7 Å². The van der Waals surface area contributed by atoms with Gasteiger partial charge in [-0.15, -0.1) is 0 Å². The van der Waals surface area contributed by atoms with Gasteiger partial charge in [0.2, 0.25) is 11.8 Å². The van der Waals surface area contributed by atoms with Crippen LogP contribution in [0.4, 0.5) is 0 Å². The largest absolute Gasteiger partial charge is 0.308 e. The van der Waals surface area contributed by atoms with E-state index in [9.17, 15) is 9.59 Å². The maximum Gasteiger partial charge on any atom is 0.233 e. The van der Waals surface area contributed by atoms with Crippen LogP contribution in [0, 0.1) is 11.8 Å². The van der Waals surface area contributed by atoms with Gasteiger partial charge in [0.15, 0.2) is 0 Å². The first kappa shape index (κ1) is 12.3. The van der Waals surface area contributed by atoms with E-state index in [1.165, 1.54) is 10.5 Å². The van der Waals surface area contributed by atoms with Crippen LogP contribution < -0.4 is 0 Å². The summed E-state index contributed by atoms with van der Waals surface area (Å²) in [5, 5.41) is 0. The Labute approximate surface area is 102 Å². The van der Waals surface area contributed by atoms with Crippen molar-refractivity contribution in [2.75, 3.05) is 27.2 Å². The van der Waals surface area contributed by atoms with Crippen molar-refractivity contribution in [2.24, 2.45) is 11.8 Å². The molecule has 0 unspecified atom stereocenters. The van der Waals surface area contributed by atoms with Crippen LogP contribution in [0.2, 0.25) is 0 Å². The highest BCUT2D eigenvalue weighted by Crippen LogP contribution is 2.37. The Morgan fingerprint density at radius 1 is 1.29 bits per heavy atom. The SMILES string of the molecule is CC1=CC[C@H]2C(=O)N(CCN(C)C)C(=O)[C@H]2C1. The fourth-order valence-corrected chi connectivity index (χ4v) is 2.63. The molecule has 1 fully saturated rings. The Morgan fingerprint density at radius 3 is 2.59 bits per heavy atom. The normalized spacial score (nSPS) is 28.7. The second-order valence-corrected chi connectivity index (χ2v) is 5.33. The number of carbonyl (C=O) groups excluding carboxylic acids is 2. The monoisotopic (exact) mass is 236 g/mol. The van der Waals surface area contributed by atoms with Crippen LogP contribution in [0.5, 0.6) is 0 Å². The quantitative estimate of drug-likeness (QED) is 0.540. The first-order valence-electron chi connectivity index (χ1n) is 6.16. The molecule has 0 spiro atoms. The van der Waals surface area contributed by atoms with Crippen LogP contribution in [0.15, 0.2) is 11.6 Å². The van der Waals surface area contributed by atoms with E-state index >= 15 is 0 Å². The lowest BCUT2D eigenvalue weighted by Gasteiger charge is -2.19. The van der Waals surface area contributed by atoms with Gasteiger partial charge in [-0.05, 0) is 33.9 Å². The molecule has 0 N–H and O–H groups in total. The van der Waals surface area contributed by atoms with Gasteiger partial charge in [-0.25, -0.2) is 0 Å². The van der Waals surface area contributed by atoms with Crippen molar-refractivity contribution in [3.63, 3.8) is 0 Å². The van der Waals surface area contributed by atoms with Crippen LogP contribution in [0.3, 0.4) is 0 Å². The van der Waals surface area contributed by atoms with Gasteiger partial charge in [0, 0.05) is 13.1 Å². The number of hydrogen-bond donors (Lipinski definition) is 0. The predicted molar refractivity (Wildman–Crippen MR) is 65.2 cm³/mol. The topological polar surface area (TPSA) is 40.6 Å². The van der Waals surface area contributed by atoms with Crippen molar-refractivity contribution >= 4 is 11.8 Å². The van der Waals surface area contributed by atoms with E-state index in [4.69, 9.17) is 0 Å². The zero-order valence-electron chi connectivity index (χ0n) is 10.8. The maximum absolute atomic E-state index is 12.2. The van der Waals surface area contributed by atoms with Crippen molar-refractivity contribution in [2.45, 2.75) is 19.8 Å². The number of likely N-dealkylation sites (N-methyl/N-ethyl adjacent to an activating group) is 1. The summed E-state index contributed by atoms with van der Waals surface area (Å²) >= 11 is 0. The molecular weight excluding hydrogens is 216 g/mol. The Balaban J connectivity index is 2.08. The average molecular weight is 236 g/mol. The molecule has 0 saturated carbocycles. The zero-order chi connectivity index (χ0) is 12.6.